The lowest BCUT2D eigenvalue weighted by atomic mass is 10.2. The summed E-state index contributed by atoms with van der Waals surface area (Å²) < 4.78 is 4.99. The normalized spacial score (nSPS) is 21.4. The lowest BCUT2D eigenvalue weighted by Gasteiger charge is -2.10. The Balaban J connectivity index is 2.37. The van der Waals surface area contributed by atoms with Gasteiger partial charge in [-0.2, -0.15) is 0 Å². The van der Waals surface area contributed by atoms with Crippen LogP contribution in [0.3, 0.4) is 0 Å². The largest absolute Gasteiger partial charge is 0.385 e. The van der Waals surface area contributed by atoms with E-state index >= 15 is 0 Å². The first kappa shape index (κ1) is 6.55. The van der Waals surface area contributed by atoms with Crippen molar-refractivity contribution in [3.8, 4) is 0 Å². The van der Waals surface area contributed by atoms with E-state index < -0.39 is 0 Å². The molecule has 9 heavy (non-hydrogen) atoms. The van der Waals surface area contributed by atoms with Crippen LogP contribution >= 0.6 is 0 Å². The molecule has 0 aromatic carbocycles. The number of hydrogen-bond donors (Lipinski definition) is 2. The molecule has 0 saturated heterocycles. The molecule has 0 aliphatic heterocycles. The summed E-state index contributed by atoms with van der Waals surface area (Å²) in [5, 5.41) is 7.07. The summed E-state index contributed by atoms with van der Waals surface area (Å²) in [6.07, 6.45) is 2.22. The molecule has 1 atom stereocenters. The third-order valence-corrected chi connectivity index (χ3v) is 1.61. The van der Waals surface area contributed by atoms with Gasteiger partial charge in [-0.15, -0.1) is 0 Å². The van der Waals surface area contributed by atoms with Crippen LogP contribution in [0, 0.1) is 11.3 Å². The zero-order valence-corrected chi connectivity index (χ0v) is 5.55. The third kappa shape index (κ3) is 1.42. The van der Waals surface area contributed by atoms with Gasteiger partial charge in [-0.05, 0) is 18.8 Å². The first-order valence-corrected chi connectivity index (χ1v) is 3.12. The maximum absolute atomic E-state index is 7.07. The number of hydrogen-bond acceptors (Lipinski definition) is 2. The highest BCUT2D eigenvalue weighted by atomic mass is 16.5. The number of ether oxygens (including phenoxy) is 1. The van der Waals surface area contributed by atoms with Crippen LogP contribution in [0.1, 0.15) is 12.8 Å². The van der Waals surface area contributed by atoms with E-state index in [4.69, 9.17) is 15.9 Å². The quantitative estimate of drug-likeness (QED) is 0.425. The Morgan fingerprint density at radius 2 is 2.33 bits per heavy atom. The average molecular weight is 128 g/mol. The molecule has 0 radical (unpaired) electrons. The van der Waals surface area contributed by atoms with E-state index in [0.717, 1.165) is 12.8 Å². The van der Waals surface area contributed by atoms with Gasteiger partial charge in [0, 0.05) is 7.11 Å². The van der Waals surface area contributed by atoms with Crippen molar-refractivity contribution in [1.29, 1.82) is 5.41 Å². The van der Waals surface area contributed by atoms with Gasteiger partial charge in [-0.25, -0.2) is 0 Å². The first-order chi connectivity index (χ1) is 4.25. The number of methoxy groups -OCH3 is 1. The topological polar surface area (TPSA) is 59.1 Å². The zero-order valence-electron chi connectivity index (χ0n) is 5.55. The van der Waals surface area contributed by atoms with E-state index in [-0.39, 0.29) is 11.9 Å². The van der Waals surface area contributed by atoms with Gasteiger partial charge in [0.05, 0.1) is 0 Å². The summed E-state index contributed by atoms with van der Waals surface area (Å²) in [5.41, 5.74) is 5.25. The van der Waals surface area contributed by atoms with Crippen molar-refractivity contribution in [3.05, 3.63) is 0 Å². The van der Waals surface area contributed by atoms with Crippen LogP contribution in [-0.2, 0) is 4.74 Å². The summed E-state index contributed by atoms with van der Waals surface area (Å²) in [5.74, 6) is 0.701. The van der Waals surface area contributed by atoms with Crippen LogP contribution in [0.2, 0.25) is 0 Å². The molecule has 0 unspecified atom stereocenters. The third-order valence-electron chi connectivity index (χ3n) is 1.61. The van der Waals surface area contributed by atoms with Crippen molar-refractivity contribution >= 4 is 5.84 Å². The SMILES string of the molecule is CO[C@H](C(=N)N)C1CC1. The predicted octanol–water partition coefficient (Wildman–Crippen LogP) is 0.347. The number of nitrogens with one attached hydrogen (secondary N) is 1. The smallest absolute Gasteiger partial charge is 0.121 e. The summed E-state index contributed by atoms with van der Waals surface area (Å²) in [7, 11) is 1.60. The summed E-state index contributed by atoms with van der Waals surface area (Å²) >= 11 is 0. The number of rotatable bonds is 3. The van der Waals surface area contributed by atoms with E-state index in [9.17, 15) is 0 Å². The summed E-state index contributed by atoms with van der Waals surface area (Å²) in [6, 6.07) is 0. The Bertz CT molecular complexity index is 120. The van der Waals surface area contributed by atoms with Gasteiger partial charge in [0.2, 0.25) is 0 Å². The Hall–Kier alpha value is -0.570. The Kier molecular flexibility index (Phi) is 1.71. The highest BCUT2D eigenvalue weighted by molar-refractivity contribution is 5.82. The summed E-state index contributed by atoms with van der Waals surface area (Å²) in [4.78, 5) is 0. The van der Waals surface area contributed by atoms with E-state index in [1.807, 2.05) is 0 Å². The van der Waals surface area contributed by atoms with E-state index in [0.29, 0.717) is 5.92 Å². The van der Waals surface area contributed by atoms with Gasteiger partial charge < -0.3 is 10.5 Å². The molecule has 0 aromatic rings. The lowest BCUT2D eigenvalue weighted by molar-refractivity contribution is 0.136. The van der Waals surface area contributed by atoms with Gasteiger partial charge in [0.1, 0.15) is 11.9 Å². The molecule has 1 saturated carbocycles. The minimum Gasteiger partial charge on any atom is -0.385 e. The molecule has 0 amide bonds. The van der Waals surface area contributed by atoms with Gasteiger partial charge >= 0.3 is 0 Å². The molecular weight excluding hydrogens is 116 g/mol. The van der Waals surface area contributed by atoms with Crippen LogP contribution in [-0.4, -0.2) is 19.0 Å². The second-order valence-corrected chi connectivity index (χ2v) is 2.45. The van der Waals surface area contributed by atoms with E-state index in [2.05, 4.69) is 0 Å². The maximum atomic E-state index is 7.07. The van der Waals surface area contributed by atoms with E-state index in [1.165, 1.54) is 0 Å². The van der Waals surface area contributed by atoms with Crippen LogP contribution in [0.15, 0.2) is 0 Å². The standard InChI is InChI=1S/C6H12N2O/c1-9-5(6(7)8)4-2-3-4/h4-5H,2-3H2,1H3,(H3,7,8)/t5-/m0/s1. The second kappa shape index (κ2) is 2.35. The fourth-order valence-corrected chi connectivity index (χ4v) is 0.972. The molecule has 1 fully saturated rings. The zero-order chi connectivity index (χ0) is 6.85. The highest BCUT2D eigenvalue weighted by Crippen LogP contribution is 2.33. The van der Waals surface area contributed by atoms with Gasteiger partial charge in [-0.3, -0.25) is 5.41 Å². The van der Waals surface area contributed by atoms with Crippen molar-refractivity contribution in [2.45, 2.75) is 18.9 Å². The molecule has 0 bridgehead atoms. The van der Waals surface area contributed by atoms with Crippen molar-refractivity contribution in [1.82, 2.24) is 0 Å². The fraction of sp³-hybridized carbons (Fsp3) is 0.833. The van der Waals surface area contributed by atoms with Crippen molar-refractivity contribution in [3.63, 3.8) is 0 Å². The van der Waals surface area contributed by atoms with Crippen LogP contribution in [0.5, 0.6) is 0 Å². The molecule has 3 heteroatoms. The Morgan fingerprint density at radius 1 is 1.78 bits per heavy atom. The summed E-state index contributed by atoms with van der Waals surface area (Å²) in [6.45, 7) is 0. The number of nitrogens with two attached hydrogens (primary N) is 1. The number of amidine groups is 1. The van der Waals surface area contributed by atoms with Gasteiger partial charge in [-0.1, -0.05) is 0 Å². The molecule has 1 rings (SSSR count). The average Bonchev–Trinajstić information content (AvgIpc) is 2.50. The van der Waals surface area contributed by atoms with Crippen molar-refractivity contribution < 1.29 is 4.74 Å². The van der Waals surface area contributed by atoms with Gasteiger partial charge in [0.15, 0.2) is 0 Å². The Labute approximate surface area is 54.7 Å². The maximum Gasteiger partial charge on any atom is 0.121 e. The molecule has 1 aliphatic carbocycles. The minimum absolute atomic E-state index is 0.106. The molecule has 0 heterocycles. The van der Waals surface area contributed by atoms with Crippen LogP contribution < -0.4 is 5.73 Å². The second-order valence-electron chi connectivity index (χ2n) is 2.45. The predicted molar refractivity (Wildman–Crippen MR) is 35.4 cm³/mol. The van der Waals surface area contributed by atoms with Gasteiger partial charge in [0.25, 0.3) is 0 Å². The fourth-order valence-electron chi connectivity index (χ4n) is 0.972. The molecule has 0 aromatic heterocycles. The Morgan fingerprint density at radius 3 is 2.44 bits per heavy atom. The first-order valence-electron chi connectivity index (χ1n) is 3.12. The highest BCUT2D eigenvalue weighted by Gasteiger charge is 2.32. The molecule has 0 spiro atoms. The molecular formula is C6H12N2O. The molecule has 52 valence electrons. The molecule has 3 nitrogen and oxygen atoms in total. The minimum atomic E-state index is -0.106. The lowest BCUT2D eigenvalue weighted by Crippen LogP contribution is -2.31. The monoisotopic (exact) mass is 128 g/mol. The van der Waals surface area contributed by atoms with Crippen LogP contribution in [0.4, 0.5) is 0 Å². The van der Waals surface area contributed by atoms with Crippen molar-refractivity contribution in [2.24, 2.45) is 11.7 Å². The van der Waals surface area contributed by atoms with E-state index in [1.54, 1.807) is 7.11 Å². The van der Waals surface area contributed by atoms with Crippen molar-refractivity contribution in [2.75, 3.05) is 7.11 Å². The molecule has 1 aliphatic rings. The molecule has 3 N–H and O–H groups in total. The van der Waals surface area contributed by atoms with Crippen LogP contribution in [0.25, 0.3) is 0 Å².